The van der Waals surface area contributed by atoms with E-state index in [9.17, 15) is 13.2 Å². The summed E-state index contributed by atoms with van der Waals surface area (Å²) in [7, 11) is 4.03. The molecule has 1 heterocycles. The maximum atomic E-state index is 12.7. The summed E-state index contributed by atoms with van der Waals surface area (Å²) in [5.41, 5.74) is 2.58. The van der Waals surface area contributed by atoms with E-state index in [2.05, 4.69) is 25.6 Å². The quantitative estimate of drug-likeness (QED) is 0.470. The molecule has 0 aliphatic heterocycles. The molecular weight excluding hydrogens is 477 g/mol. The van der Waals surface area contributed by atoms with Crippen LogP contribution in [0.25, 0.3) is 0 Å². The summed E-state index contributed by atoms with van der Waals surface area (Å²) >= 11 is 5.35. The summed E-state index contributed by atoms with van der Waals surface area (Å²) in [6.45, 7) is 0. The predicted molar refractivity (Wildman–Crippen MR) is 135 cm³/mol. The number of nitrogens with zero attached hydrogens (tertiary/aromatic N) is 3. The Balaban J connectivity index is 1.30. The van der Waals surface area contributed by atoms with Gasteiger partial charge in [0, 0.05) is 31.7 Å². The fourth-order valence-corrected chi connectivity index (χ4v) is 4.98. The van der Waals surface area contributed by atoms with Gasteiger partial charge in [-0.3, -0.25) is 0 Å². The summed E-state index contributed by atoms with van der Waals surface area (Å²) in [6.07, 6.45) is 3.14. The van der Waals surface area contributed by atoms with Crippen LogP contribution in [0.4, 0.5) is 30.6 Å². The third-order valence-corrected chi connectivity index (χ3v) is 6.56. The van der Waals surface area contributed by atoms with Crippen molar-refractivity contribution in [3.8, 4) is 5.75 Å². The van der Waals surface area contributed by atoms with Gasteiger partial charge in [0.1, 0.15) is 5.82 Å². The SMILES string of the molecule is CN(C)c1nc(NC2CCC(NC(=S)Nc3ccccc3OC(F)(F)F)CC2)nc2c1CCCC2. The van der Waals surface area contributed by atoms with Crippen LogP contribution in [0.3, 0.4) is 0 Å². The molecule has 0 amide bonds. The van der Waals surface area contributed by atoms with Gasteiger partial charge in [0.05, 0.1) is 11.4 Å². The van der Waals surface area contributed by atoms with E-state index >= 15 is 0 Å². The highest BCUT2D eigenvalue weighted by atomic mass is 32.1. The van der Waals surface area contributed by atoms with Crippen molar-refractivity contribution >= 4 is 34.8 Å². The first-order valence-corrected chi connectivity index (χ1v) is 12.3. The smallest absolute Gasteiger partial charge is 0.404 e. The Hall–Kier alpha value is -2.82. The van der Waals surface area contributed by atoms with Gasteiger partial charge in [0.25, 0.3) is 0 Å². The summed E-state index contributed by atoms with van der Waals surface area (Å²) in [6, 6.07) is 6.23. The lowest BCUT2D eigenvalue weighted by molar-refractivity contribution is -0.274. The Labute approximate surface area is 208 Å². The highest BCUT2D eigenvalue weighted by Gasteiger charge is 2.32. The largest absolute Gasteiger partial charge is 0.573 e. The molecule has 1 saturated carbocycles. The molecule has 0 unspecified atom stereocenters. The molecule has 1 aromatic carbocycles. The first-order chi connectivity index (χ1) is 16.7. The van der Waals surface area contributed by atoms with Gasteiger partial charge in [-0.2, -0.15) is 4.98 Å². The van der Waals surface area contributed by atoms with Crippen molar-refractivity contribution in [1.29, 1.82) is 0 Å². The van der Waals surface area contributed by atoms with Crippen LogP contribution < -0.4 is 25.6 Å². The molecule has 4 rings (SSSR count). The molecule has 3 N–H and O–H groups in total. The monoisotopic (exact) mass is 508 g/mol. The Morgan fingerprint density at radius 2 is 1.71 bits per heavy atom. The predicted octanol–water partition coefficient (Wildman–Crippen LogP) is 5.03. The van der Waals surface area contributed by atoms with Crippen molar-refractivity contribution in [2.75, 3.05) is 29.6 Å². The molecule has 1 aromatic heterocycles. The summed E-state index contributed by atoms with van der Waals surface area (Å²) < 4.78 is 42.0. The first-order valence-electron chi connectivity index (χ1n) is 11.9. The van der Waals surface area contributed by atoms with Gasteiger partial charge in [0.15, 0.2) is 10.9 Å². The zero-order valence-corrected chi connectivity index (χ0v) is 20.7. The van der Waals surface area contributed by atoms with Gasteiger partial charge in [0.2, 0.25) is 5.95 Å². The van der Waals surface area contributed by atoms with Gasteiger partial charge in [-0.15, -0.1) is 13.2 Å². The second kappa shape index (κ2) is 10.8. The average molecular weight is 509 g/mol. The second-order valence-corrected chi connectivity index (χ2v) is 9.64. The van der Waals surface area contributed by atoms with Crippen LogP contribution in [0.2, 0.25) is 0 Å². The van der Waals surface area contributed by atoms with Crippen LogP contribution >= 0.6 is 12.2 Å². The molecule has 2 aromatic rings. The number of para-hydroxylation sites is 2. The van der Waals surface area contributed by atoms with E-state index in [-0.39, 0.29) is 28.6 Å². The van der Waals surface area contributed by atoms with E-state index in [1.54, 1.807) is 6.07 Å². The highest BCUT2D eigenvalue weighted by molar-refractivity contribution is 7.80. The average Bonchev–Trinajstić information content (AvgIpc) is 2.80. The summed E-state index contributed by atoms with van der Waals surface area (Å²) in [4.78, 5) is 11.7. The minimum Gasteiger partial charge on any atom is -0.404 e. The molecule has 0 radical (unpaired) electrons. The number of nitrogens with one attached hydrogen (secondary N) is 3. The molecule has 190 valence electrons. The molecule has 0 bridgehead atoms. The number of hydrogen-bond acceptors (Lipinski definition) is 6. The Morgan fingerprint density at radius 1 is 1.03 bits per heavy atom. The zero-order chi connectivity index (χ0) is 25.0. The minimum atomic E-state index is -4.77. The maximum Gasteiger partial charge on any atom is 0.573 e. The topological polar surface area (TPSA) is 74.3 Å². The van der Waals surface area contributed by atoms with Gasteiger partial charge < -0.3 is 25.6 Å². The van der Waals surface area contributed by atoms with Crippen molar-refractivity contribution < 1.29 is 17.9 Å². The van der Waals surface area contributed by atoms with Gasteiger partial charge in [-0.25, -0.2) is 4.98 Å². The maximum absolute atomic E-state index is 12.7. The van der Waals surface area contributed by atoms with Crippen LogP contribution in [0.5, 0.6) is 5.75 Å². The minimum absolute atomic E-state index is 0.130. The van der Waals surface area contributed by atoms with Gasteiger partial charge >= 0.3 is 6.36 Å². The van der Waals surface area contributed by atoms with Crippen LogP contribution in [-0.4, -0.2) is 47.6 Å². The molecule has 2 aliphatic carbocycles. The van der Waals surface area contributed by atoms with E-state index in [0.29, 0.717) is 5.95 Å². The molecular formula is C24H31F3N6OS. The zero-order valence-electron chi connectivity index (χ0n) is 19.9. The van der Waals surface area contributed by atoms with Crippen molar-refractivity contribution in [3.05, 3.63) is 35.5 Å². The molecule has 0 saturated heterocycles. The number of rotatable bonds is 6. The van der Waals surface area contributed by atoms with Crippen LogP contribution in [0, 0.1) is 0 Å². The molecule has 7 nitrogen and oxygen atoms in total. The number of hydrogen-bond donors (Lipinski definition) is 3. The Kier molecular flexibility index (Phi) is 7.83. The molecule has 0 spiro atoms. The van der Waals surface area contributed by atoms with E-state index in [1.165, 1.54) is 30.2 Å². The molecule has 11 heteroatoms. The van der Waals surface area contributed by atoms with Crippen LogP contribution in [0.15, 0.2) is 24.3 Å². The lowest BCUT2D eigenvalue weighted by Crippen LogP contribution is -2.42. The first kappa shape index (κ1) is 25.3. The third kappa shape index (κ3) is 6.87. The van der Waals surface area contributed by atoms with E-state index in [1.807, 2.05) is 14.1 Å². The lowest BCUT2D eigenvalue weighted by atomic mass is 9.91. The molecule has 1 fully saturated rings. The number of aromatic nitrogens is 2. The second-order valence-electron chi connectivity index (χ2n) is 9.23. The Morgan fingerprint density at radius 3 is 2.43 bits per heavy atom. The number of anilines is 3. The van der Waals surface area contributed by atoms with E-state index in [0.717, 1.165) is 56.5 Å². The van der Waals surface area contributed by atoms with Crippen molar-refractivity contribution in [3.63, 3.8) is 0 Å². The van der Waals surface area contributed by atoms with Crippen molar-refractivity contribution in [2.45, 2.75) is 69.8 Å². The number of aryl methyl sites for hydroxylation is 1. The van der Waals surface area contributed by atoms with Gasteiger partial charge in [-0.05, 0) is 75.7 Å². The number of ether oxygens (including phenoxy) is 1. The van der Waals surface area contributed by atoms with E-state index < -0.39 is 6.36 Å². The fourth-order valence-electron chi connectivity index (χ4n) is 4.70. The van der Waals surface area contributed by atoms with Crippen LogP contribution in [-0.2, 0) is 12.8 Å². The van der Waals surface area contributed by atoms with Gasteiger partial charge in [-0.1, -0.05) is 12.1 Å². The summed E-state index contributed by atoms with van der Waals surface area (Å²) in [5, 5.41) is 9.85. The number of halogens is 3. The third-order valence-electron chi connectivity index (χ3n) is 6.34. The van der Waals surface area contributed by atoms with E-state index in [4.69, 9.17) is 22.2 Å². The van der Waals surface area contributed by atoms with Crippen molar-refractivity contribution in [2.24, 2.45) is 0 Å². The highest BCUT2D eigenvalue weighted by Crippen LogP contribution is 2.31. The number of benzene rings is 1. The Bertz CT molecular complexity index is 1040. The van der Waals surface area contributed by atoms with Crippen LogP contribution in [0.1, 0.15) is 49.8 Å². The standard InChI is InChI=1S/C24H31F3N6OS/c1-33(2)21-17-7-3-4-8-18(17)30-22(32-21)28-15-11-13-16(14-12-15)29-23(35)31-19-9-5-6-10-20(19)34-24(25,26)27/h5-6,9-10,15-16H,3-4,7-8,11-14H2,1-2H3,(H,28,30,32)(H2,29,31,35). The fraction of sp³-hybridized carbons (Fsp3) is 0.542. The summed E-state index contributed by atoms with van der Waals surface area (Å²) in [5.74, 6) is 1.36. The molecule has 0 atom stereocenters. The number of thiocarbonyl (C=S) groups is 1. The molecule has 35 heavy (non-hydrogen) atoms. The lowest BCUT2D eigenvalue weighted by Gasteiger charge is -2.31. The number of fused-ring (bicyclic) bond motifs is 1. The molecule has 2 aliphatic rings. The number of alkyl halides is 3. The normalized spacial score (nSPS) is 19.9. The van der Waals surface area contributed by atoms with Crippen molar-refractivity contribution in [1.82, 2.24) is 15.3 Å².